The molecule has 0 bridgehead atoms. The van der Waals surface area contributed by atoms with Crippen LogP contribution in [-0.2, 0) is 10.0 Å². The minimum Gasteiger partial charge on any atom is -0.296 e. The summed E-state index contributed by atoms with van der Waals surface area (Å²) in [5.41, 5.74) is 0.219. The molecule has 0 saturated carbocycles. The Labute approximate surface area is 142 Å². The third-order valence-corrected chi connectivity index (χ3v) is 6.01. The Morgan fingerprint density at radius 3 is 2.91 bits per heavy atom. The normalized spacial score (nSPS) is 11.2. The van der Waals surface area contributed by atoms with Crippen molar-refractivity contribution in [3.63, 3.8) is 0 Å². The van der Waals surface area contributed by atoms with E-state index in [-0.39, 0.29) is 10.5 Å². The van der Waals surface area contributed by atoms with Crippen LogP contribution in [0.25, 0.3) is 0 Å². The molecule has 1 aromatic carbocycles. The van der Waals surface area contributed by atoms with Crippen LogP contribution >= 0.6 is 23.1 Å². The van der Waals surface area contributed by atoms with Crippen molar-refractivity contribution in [3.05, 3.63) is 42.5 Å². The van der Waals surface area contributed by atoms with Crippen molar-refractivity contribution in [3.8, 4) is 0 Å². The number of carbonyl (C=O) groups is 1. The highest BCUT2D eigenvalue weighted by Gasteiger charge is 2.15. The summed E-state index contributed by atoms with van der Waals surface area (Å²) in [5, 5.41) is 10.8. The zero-order valence-corrected chi connectivity index (χ0v) is 14.6. The van der Waals surface area contributed by atoms with Gasteiger partial charge >= 0.3 is 0 Å². The summed E-state index contributed by atoms with van der Waals surface area (Å²) in [4.78, 5) is 12.2. The Bertz CT molecular complexity index is 817. The summed E-state index contributed by atoms with van der Waals surface area (Å²) in [7, 11) is -2.29. The lowest BCUT2D eigenvalue weighted by Gasteiger charge is -2.05. The van der Waals surface area contributed by atoms with E-state index >= 15 is 0 Å². The van der Waals surface area contributed by atoms with E-state index in [9.17, 15) is 13.2 Å². The van der Waals surface area contributed by atoms with Gasteiger partial charge in [0.2, 0.25) is 15.2 Å². The molecule has 10 heteroatoms. The molecule has 0 saturated heterocycles. The van der Waals surface area contributed by atoms with Crippen LogP contribution in [0.4, 0.5) is 5.13 Å². The molecule has 0 radical (unpaired) electrons. The van der Waals surface area contributed by atoms with Crippen molar-refractivity contribution < 1.29 is 13.2 Å². The Balaban J connectivity index is 2.13. The first kappa shape index (κ1) is 17.6. The molecule has 122 valence electrons. The van der Waals surface area contributed by atoms with E-state index in [0.29, 0.717) is 15.2 Å². The number of hydrogen-bond acceptors (Lipinski definition) is 7. The minimum atomic E-state index is -3.60. The predicted molar refractivity (Wildman–Crippen MR) is 91.5 cm³/mol. The highest BCUT2D eigenvalue weighted by atomic mass is 32.2. The van der Waals surface area contributed by atoms with Gasteiger partial charge in [-0.3, -0.25) is 10.1 Å². The van der Waals surface area contributed by atoms with Crippen LogP contribution in [0.2, 0.25) is 0 Å². The van der Waals surface area contributed by atoms with Crippen LogP contribution in [0.5, 0.6) is 0 Å². The molecule has 1 aromatic heterocycles. The number of anilines is 1. The van der Waals surface area contributed by atoms with Crippen LogP contribution in [0.1, 0.15) is 10.4 Å². The van der Waals surface area contributed by atoms with Gasteiger partial charge in [0.1, 0.15) is 0 Å². The van der Waals surface area contributed by atoms with Crippen LogP contribution in [0, 0.1) is 0 Å². The molecule has 0 aliphatic rings. The fraction of sp³-hybridized carbons (Fsp3) is 0.154. The molecule has 2 aromatic rings. The number of carbonyl (C=O) groups excluding carboxylic acids is 1. The molecule has 0 aliphatic heterocycles. The third-order valence-electron chi connectivity index (χ3n) is 2.63. The molecule has 0 fully saturated rings. The summed E-state index contributed by atoms with van der Waals surface area (Å²) in [5.74, 6) is 0.251. The van der Waals surface area contributed by atoms with Crippen molar-refractivity contribution in [1.82, 2.24) is 14.9 Å². The fourth-order valence-electron chi connectivity index (χ4n) is 1.54. The lowest BCUT2D eigenvalue weighted by molar-refractivity contribution is 0.102. The second-order valence-electron chi connectivity index (χ2n) is 4.16. The Morgan fingerprint density at radius 1 is 1.43 bits per heavy atom. The van der Waals surface area contributed by atoms with Crippen molar-refractivity contribution in [1.29, 1.82) is 0 Å². The number of nitrogens with one attached hydrogen (secondary N) is 2. The van der Waals surface area contributed by atoms with Gasteiger partial charge in [0, 0.05) is 11.3 Å². The van der Waals surface area contributed by atoms with Crippen LogP contribution < -0.4 is 10.0 Å². The first-order valence-corrected chi connectivity index (χ1v) is 9.67. The van der Waals surface area contributed by atoms with Gasteiger partial charge in [-0.2, -0.15) is 0 Å². The zero-order valence-electron chi connectivity index (χ0n) is 12.1. The quantitative estimate of drug-likeness (QED) is 0.439. The van der Waals surface area contributed by atoms with Gasteiger partial charge in [0.05, 0.1) is 4.90 Å². The van der Waals surface area contributed by atoms with E-state index in [0.717, 1.165) is 0 Å². The molecule has 0 unspecified atom stereocenters. The number of nitrogens with zero attached hydrogens (tertiary/aromatic N) is 2. The van der Waals surface area contributed by atoms with Gasteiger partial charge in [-0.15, -0.1) is 16.8 Å². The van der Waals surface area contributed by atoms with Crippen LogP contribution in [0.15, 0.2) is 46.2 Å². The molecular weight excluding hydrogens is 356 g/mol. The van der Waals surface area contributed by atoms with Crippen molar-refractivity contribution >= 4 is 44.2 Å². The number of rotatable bonds is 7. The van der Waals surface area contributed by atoms with Crippen molar-refractivity contribution in [2.75, 3.05) is 18.1 Å². The lowest BCUT2D eigenvalue weighted by Crippen LogP contribution is -2.19. The zero-order chi connectivity index (χ0) is 16.9. The molecule has 1 heterocycles. The van der Waals surface area contributed by atoms with Gasteiger partial charge in [-0.1, -0.05) is 35.2 Å². The average Bonchev–Trinajstić information content (AvgIpc) is 3.00. The summed E-state index contributed by atoms with van der Waals surface area (Å²) < 4.78 is 26.4. The monoisotopic (exact) mass is 370 g/mol. The van der Waals surface area contributed by atoms with Gasteiger partial charge in [-0.05, 0) is 25.2 Å². The Hall–Kier alpha value is -1.75. The number of sulfonamides is 1. The summed E-state index contributed by atoms with van der Waals surface area (Å²) >= 11 is 2.70. The number of amides is 1. The van der Waals surface area contributed by atoms with E-state index in [2.05, 4.69) is 26.8 Å². The molecule has 7 nitrogen and oxygen atoms in total. The molecule has 23 heavy (non-hydrogen) atoms. The van der Waals surface area contributed by atoms with E-state index in [1.807, 2.05) is 0 Å². The maximum Gasteiger partial charge on any atom is 0.257 e. The fourth-order valence-corrected chi connectivity index (χ4v) is 3.82. The van der Waals surface area contributed by atoms with Crippen molar-refractivity contribution in [2.45, 2.75) is 9.24 Å². The summed E-state index contributed by atoms with van der Waals surface area (Å²) in [6, 6.07) is 5.75. The first-order valence-electron chi connectivity index (χ1n) is 6.38. The van der Waals surface area contributed by atoms with Crippen LogP contribution in [-0.4, -0.2) is 37.3 Å². The smallest absolute Gasteiger partial charge is 0.257 e. The summed E-state index contributed by atoms with van der Waals surface area (Å²) in [6.45, 7) is 3.62. The first-order chi connectivity index (χ1) is 11.0. The van der Waals surface area contributed by atoms with E-state index in [1.54, 1.807) is 6.08 Å². The Morgan fingerprint density at radius 2 is 2.22 bits per heavy atom. The molecular formula is C13H14N4O3S3. The maximum absolute atomic E-state index is 12.2. The topological polar surface area (TPSA) is 101 Å². The molecule has 1 amide bonds. The highest BCUT2D eigenvalue weighted by molar-refractivity contribution is 8.01. The van der Waals surface area contributed by atoms with E-state index < -0.39 is 15.9 Å². The number of hydrogen-bond donors (Lipinski definition) is 2. The SMILES string of the molecule is C=CCSc1nnc(NC(=O)c2cccc(S(=O)(=O)NC)c2)s1. The average molecular weight is 370 g/mol. The van der Waals surface area contributed by atoms with Gasteiger partial charge in [-0.25, -0.2) is 13.1 Å². The van der Waals surface area contributed by atoms with E-state index in [1.165, 1.54) is 54.4 Å². The largest absolute Gasteiger partial charge is 0.296 e. The maximum atomic E-state index is 12.2. The summed E-state index contributed by atoms with van der Waals surface area (Å²) in [6.07, 6.45) is 1.75. The number of benzene rings is 1. The lowest BCUT2D eigenvalue weighted by atomic mass is 10.2. The second kappa shape index (κ2) is 7.68. The Kier molecular flexibility index (Phi) is 5.88. The predicted octanol–water partition coefficient (Wildman–Crippen LogP) is 1.98. The third kappa shape index (κ3) is 4.61. The number of aromatic nitrogens is 2. The van der Waals surface area contributed by atoms with E-state index in [4.69, 9.17) is 0 Å². The van der Waals surface area contributed by atoms with Crippen LogP contribution in [0.3, 0.4) is 0 Å². The minimum absolute atomic E-state index is 0.0205. The molecule has 2 rings (SSSR count). The standard InChI is InChI=1S/C13H14N4O3S3/c1-3-7-21-13-17-16-12(22-13)15-11(18)9-5-4-6-10(8-9)23(19,20)14-2/h3-6,8,14H,1,7H2,2H3,(H,15,16,18). The molecule has 0 aliphatic carbocycles. The van der Waals surface area contributed by atoms with Gasteiger partial charge < -0.3 is 0 Å². The number of thioether (sulfide) groups is 1. The second-order valence-corrected chi connectivity index (χ2v) is 8.29. The molecule has 0 atom stereocenters. The highest BCUT2D eigenvalue weighted by Crippen LogP contribution is 2.25. The van der Waals surface area contributed by atoms with Gasteiger partial charge in [0.15, 0.2) is 4.34 Å². The molecule has 0 spiro atoms. The van der Waals surface area contributed by atoms with Crippen molar-refractivity contribution in [2.24, 2.45) is 0 Å². The molecule has 2 N–H and O–H groups in total. The van der Waals surface area contributed by atoms with Gasteiger partial charge in [0.25, 0.3) is 5.91 Å².